The van der Waals surface area contributed by atoms with Gasteiger partial charge in [-0.3, -0.25) is 0 Å². The molecule has 1 aromatic heterocycles. The van der Waals surface area contributed by atoms with E-state index in [2.05, 4.69) is 36.2 Å². The Morgan fingerprint density at radius 2 is 1.82 bits per heavy atom. The van der Waals surface area contributed by atoms with Crippen molar-refractivity contribution in [3.05, 3.63) is 65.0 Å². The minimum Gasteiger partial charge on any atom is -0.238 e. The van der Waals surface area contributed by atoms with E-state index in [4.69, 9.17) is 5.26 Å². The summed E-state index contributed by atoms with van der Waals surface area (Å²) in [5.41, 5.74) is 3.60. The molecule has 17 heavy (non-hydrogen) atoms. The van der Waals surface area contributed by atoms with E-state index in [1.807, 2.05) is 30.4 Å². The zero-order valence-corrected chi connectivity index (χ0v) is 9.59. The summed E-state index contributed by atoms with van der Waals surface area (Å²) in [6, 6.07) is 15.7. The first-order valence-electron chi connectivity index (χ1n) is 5.40. The molecule has 0 aliphatic rings. The van der Waals surface area contributed by atoms with E-state index in [-0.39, 0.29) is 0 Å². The Hall–Kier alpha value is -2.40. The van der Waals surface area contributed by atoms with Crippen molar-refractivity contribution in [2.45, 2.75) is 6.92 Å². The first kappa shape index (κ1) is 11.1. The van der Waals surface area contributed by atoms with Gasteiger partial charge in [-0.15, -0.1) is 0 Å². The molecular weight excluding hydrogens is 208 g/mol. The number of pyridine rings is 1. The van der Waals surface area contributed by atoms with E-state index >= 15 is 0 Å². The third kappa shape index (κ3) is 3.02. The third-order valence-electron chi connectivity index (χ3n) is 2.41. The molecule has 0 bridgehead atoms. The summed E-state index contributed by atoms with van der Waals surface area (Å²) in [6.45, 7) is 2.06. The van der Waals surface area contributed by atoms with Gasteiger partial charge in [-0.2, -0.15) is 5.26 Å². The number of benzene rings is 1. The minimum absolute atomic E-state index is 0.441. The van der Waals surface area contributed by atoms with Crippen molar-refractivity contribution in [3.8, 4) is 6.07 Å². The fraction of sp³-hybridized carbons (Fsp3) is 0.0667. The molecule has 0 saturated heterocycles. The number of nitrogens with zero attached hydrogens (tertiary/aromatic N) is 2. The van der Waals surface area contributed by atoms with Gasteiger partial charge in [0.15, 0.2) is 0 Å². The van der Waals surface area contributed by atoms with Gasteiger partial charge in [0.2, 0.25) is 0 Å². The van der Waals surface area contributed by atoms with E-state index in [9.17, 15) is 0 Å². The lowest BCUT2D eigenvalue weighted by atomic mass is 10.1. The monoisotopic (exact) mass is 220 g/mol. The number of nitriles is 1. The summed E-state index contributed by atoms with van der Waals surface area (Å²) in [7, 11) is 0. The van der Waals surface area contributed by atoms with Crippen LogP contribution in [0.5, 0.6) is 0 Å². The second-order valence-corrected chi connectivity index (χ2v) is 3.80. The van der Waals surface area contributed by atoms with Gasteiger partial charge in [0.25, 0.3) is 0 Å². The van der Waals surface area contributed by atoms with Gasteiger partial charge in [-0.05, 0) is 30.7 Å². The first-order chi connectivity index (χ1) is 8.28. The fourth-order valence-electron chi connectivity index (χ4n) is 1.47. The highest BCUT2D eigenvalue weighted by molar-refractivity contribution is 5.68. The summed E-state index contributed by atoms with van der Waals surface area (Å²) in [5.74, 6) is 0. The molecule has 2 heteroatoms. The molecule has 0 atom stereocenters. The quantitative estimate of drug-likeness (QED) is 0.777. The van der Waals surface area contributed by atoms with E-state index in [0.717, 1.165) is 11.3 Å². The molecule has 0 fully saturated rings. The van der Waals surface area contributed by atoms with Crippen molar-refractivity contribution in [1.82, 2.24) is 4.98 Å². The number of aromatic nitrogens is 1. The minimum atomic E-state index is 0.441. The van der Waals surface area contributed by atoms with Gasteiger partial charge in [0.1, 0.15) is 11.8 Å². The van der Waals surface area contributed by atoms with Crippen LogP contribution in [0.4, 0.5) is 0 Å². The second kappa shape index (κ2) is 5.09. The molecule has 0 saturated carbocycles. The Kier molecular flexibility index (Phi) is 3.32. The highest BCUT2D eigenvalue weighted by Gasteiger charge is 1.92. The summed E-state index contributed by atoms with van der Waals surface area (Å²) in [4.78, 5) is 4.18. The average Bonchev–Trinajstić information content (AvgIpc) is 2.38. The van der Waals surface area contributed by atoms with Gasteiger partial charge in [-0.25, -0.2) is 4.98 Å². The van der Waals surface area contributed by atoms with Crippen LogP contribution in [0.1, 0.15) is 22.5 Å². The van der Waals surface area contributed by atoms with Gasteiger partial charge in [-0.1, -0.05) is 42.0 Å². The molecule has 0 aliphatic heterocycles. The highest BCUT2D eigenvalue weighted by atomic mass is 14.7. The van der Waals surface area contributed by atoms with Crippen LogP contribution in [0, 0.1) is 18.3 Å². The molecule has 0 radical (unpaired) electrons. The van der Waals surface area contributed by atoms with Gasteiger partial charge in [0, 0.05) is 0 Å². The molecule has 0 amide bonds. The molecule has 2 rings (SSSR count). The molecule has 0 spiro atoms. The van der Waals surface area contributed by atoms with Crippen molar-refractivity contribution in [1.29, 1.82) is 5.26 Å². The molecule has 2 aromatic rings. The lowest BCUT2D eigenvalue weighted by Gasteiger charge is -1.95. The van der Waals surface area contributed by atoms with E-state index < -0.39 is 0 Å². The van der Waals surface area contributed by atoms with Crippen LogP contribution in [0.2, 0.25) is 0 Å². The first-order valence-corrected chi connectivity index (χ1v) is 5.40. The van der Waals surface area contributed by atoms with Crippen molar-refractivity contribution in [3.63, 3.8) is 0 Å². The molecule has 0 unspecified atom stereocenters. The predicted molar refractivity (Wildman–Crippen MR) is 69.1 cm³/mol. The van der Waals surface area contributed by atoms with Crippen LogP contribution >= 0.6 is 0 Å². The van der Waals surface area contributed by atoms with Crippen LogP contribution in [0.15, 0.2) is 42.5 Å². The normalized spacial score (nSPS) is 10.4. The van der Waals surface area contributed by atoms with Gasteiger partial charge >= 0.3 is 0 Å². The predicted octanol–water partition coefficient (Wildman–Crippen LogP) is 3.43. The van der Waals surface area contributed by atoms with Crippen LogP contribution in [0.3, 0.4) is 0 Å². The summed E-state index contributed by atoms with van der Waals surface area (Å²) in [6.07, 6.45) is 3.90. The van der Waals surface area contributed by atoms with Crippen molar-refractivity contribution < 1.29 is 0 Å². The molecule has 2 nitrogen and oxygen atoms in total. The van der Waals surface area contributed by atoms with Crippen molar-refractivity contribution >= 4 is 12.2 Å². The van der Waals surface area contributed by atoms with Crippen molar-refractivity contribution in [2.24, 2.45) is 0 Å². The maximum Gasteiger partial charge on any atom is 0.141 e. The molecule has 82 valence electrons. The molecule has 1 aromatic carbocycles. The zero-order valence-electron chi connectivity index (χ0n) is 9.59. The lowest BCUT2D eigenvalue weighted by Crippen LogP contribution is -1.84. The average molecular weight is 220 g/mol. The Morgan fingerprint density at radius 1 is 1.06 bits per heavy atom. The summed E-state index contributed by atoms with van der Waals surface area (Å²) < 4.78 is 0. The maximum absolute atomic E-state index is 8.74. The smallest absolute Gasteiger partial charge is 0.141 e. The van der Waals surface area contributed by atoms with Crippen molar-refractivity contribution in [2.75, 3.05) is 0 Å². The van der Waals surface area contributed by atoms with E-state index in [1.54, 1.807) is 6.07 Å². The highest BCUT2D eigenvalue weighted by Crippen LogP contribution is 2.08. The topological polar surface area (TPSA) is 36.7 Å². The Bertz CT molecular complexity index is 575. The number of hydrogen-bond acceptors (Lipinski definition) is 2. The Labute approximate surface area is 101 Å². The number of hydrogen-bond donors (Lipinski definition) is 0. The lowest BCUT2D eigenvalue weighted by molar-refractivity contribution is 1.24. The van der Waals surface area contributed by atoms with Crippen LogP contribution in [0.25, 0.3) is 12.2 Å². The zero-order chi connectivity index (χ0) is 12.1. The number of rotatable bonds is 2. The van der Waals surface area contributed by atoms with Crippen LogP contribution in [-0.2, 0) is 0 Å². The third-order valence-corrected chi connectivity index (χ3v) is 2.41. The molecular formula is C15H12N2. The number of aryl methyl sites for hydroxylation is 1. The molecule has 1 heterocycles. The summed E-state index contributed by atoms with van der Waals surface area (Å²) in [5, 5.41) is 8.74. The van der Waals surface area contributed by atoms with Crippen LogP contribution < -0.4 is 0 Å². The van der Waals surface area contributed by atoms with Gasteiger partial charge in [0.05, 0.1) is 5.69 Å². The van der Waals surface area contributed by atoms with Crippen LogP contribution in [-0.4, -0.2) is 4.98 Å². The molecule has 0 N–H and O–H groups in total. The van der Waals surface area contributed by atoms with E-state index in [1.165, 1.54) is 5.56 Å². The Balaban J connectivity index is 2.20. The fourth-order valence-corrected chi connectivity index (χ4v) is 1.47. The maximum atomic E-state index is 8.74. The molecule has 0 aliphatic carbocycles. The SMILES string of the molecule is Cc1ccc(C=Cc2cccc(C#N)n2)cc1. The van der Waals surface area contributed by atoms with E-state index in [0.29, 0.717) is 5.69 Å². The Morgan fingerprint density at radius 3 is 2.53 bits per heavy atom. The standard InChI is InChI=1S/C15H12N2/c1-12-5-7-13(8-6-12)9-10-14-3-2-4-15(11-16)17-14/h2-10H,1H3. The summed E-state index contributed by atoms with van der Waals surface area (Å²) >= 11 is 0. The second-order valence-electron chi connectivity index (χ2n) is 3.80. The largest absolute Gasteiger partial charge is 0.238 e. The van der Waals surface area contributed by atoms with Gasteiger partial charge < -0.3 is 0 Å².